The number of rotatable bonds is 5. The molecule has 3 N–H and O–H groups in total. The minimum absolute atomic E-state index is 0.247. The summed E-state index contributed by atoms with van der Waals surface area (Å²) in [4.78, 5) is 0. The molecule has 0 amide bonds. The molecule has 7 heteroatoms. The van der Waals surface area contributed by atoms with Crippen LogP contribution in [-0.2, 0) is 7.05 Å². The molecular formula is C8H15N5OS. The molecule has 0 aromatic carbocycles. The lowest BCUT2D eigenvalue weighted by atomic mass is 10.2. The van der Waals surface area contributed by atoms with Crippen molar-refractivity contribution in [2.45, 2.75) is 30.2 Å². The summed E-state index contributed by atoms with van der Waals surface area (Å²) in [5.41, 5.74) is 5.46. The van der Waals surface area contributed by atoms with E-state index in [1.54, 1.807) is 18.1 Å². The summed E-state index contributed by atoms with van der Waals surface area (Å²) in [6.45, 7) is 2.05. The molecule has 0 fully saturated rings. The smallest absolute Gasteiger partial charge is 0.191 e. The minimum atomic E-state index is 0.247. The Bertz CT molecular complexity index is 338. The van der Waals surface area contributed by atoms with Crippen LogP contribution < -0.4 is 5.73 Å². The third kappa shape index (κ3) is 3.43. The Kier molecular flexibility index (Phi) is 4.41. The Balaban J connectivity index is 2.58. The van der Waals surface area contributed by atoms with E-state index in [1.165, 1.54) is 0 Å². The van der Waals surface area contributed by atoms with Crippen LogP contribution in [-0.4, -0.2) is 31.1 Å². The largest absolute Gasteiger partial charge is 0.409 e. The van der Waals surface area contributed by atoms with Crippen LogP contribution in [0.15, 0.2) is 16.6 Å². The molecular weight excluding hydrogens is 214 g/mol. The van der Waals surface area contributed by atoms with Crippen LogP contribution in [0.3, 0.4) is 0 Å². The number of thioether (sulfide) groups is 1. The van der Waals surface area contributed by atoms with Gasteiger partial charge in [0.05, 0.1) is 0 Å². The molecule has 1 heterocycles. The van der Waals surface area contributed by atoms with E-state index in [9.17, 15) is 0 Å². The van der Waals surface area contributed by atoms with Crippen molar-refractivity contribution in [3.8, 4) is 0 Å². The van der Waals surface area contributed by atoms with Crippen molar-refractivity contribution in [3.63, 3.8) is 0 Å². The molecule has 84 valence electrons. The van der Waals surface area contributed by atoms with Crippen LogP contribution in [0.25, 0.3) is 0 Å². The van der Waals surface area contributed by atoms with Crippen LogP contribution in [0.5, 0.6) is 0 Å². The molecule has 1 aromatic heterocycles. The summed E-state index contributed by atoms with van der Waals surface area (Å²) < 4.78 is 1.85. The fraction of sp³-hybridized carbons (Fsp3) is 0.625. The van der Waals surface area contributed by atoms with E-state index in [2.05, 4.69) is 22.3 Å². The number of nitrogens with two attached hydrogens (primary N) is 1. The second kappa shape index (κ2) is 5.59. The maximum absolute atomic E-state index is 8.48. The summed E-state index contributed by atoms with van der Waals surface area (Å²) in [7, 11) is 1.89. The van der Waals surface area contributed by atoms with Crippen LogP contribution in [0.2, 0.25) is 0 Å². The lowest BCUT2D eigenvalue weighted by Crippen LogP contribution is -2.18. The molecule has 0 aliphatic carbocycles. The average molecular weight is 229 g/mol. The SMILES string of the molecule is CCC(C/C(N)=N/O)Sc1nncn1C. The monoisotopic (exact) mass is 229 g/mol. The Morgan fingerprint density at radius 1 is 1.80 bits per heavy atom. The third-order valence-corrected chi connectivity index (χ3v) is 3.38. The molecule has 0 saturated heterocycles. The summed E-state index contributed by atoms with van der Waals surface area (Å²) in [6, 6.07) is 0. The number of nitrogens with zero attached hydrogens (tertiary/aromatic N) is 4. The van der Waals surface area contributed by atoms with Crippen LogP contribution in [0, 0.1) is 0 Å². The van der Waals surface area contributed by atoms with Gasteiger partial charge in [0.25, 0.3) is 0 Å². The number of hydrogen-bond acceptors (Lipinski definition) is 5. The van der Waals surface area contributed by atoms with Gasteiger partial charge in [-0.25, -0.2) is 0 Å². The van der Waals surface area contributed by atoms with Gasteiger partial charge < -0.3 is 15.5 Å². The highest BCUT2D eigenvalue weighted by molar-refractivity contribution is 7.99. The molecule has 0 spiro atoms. The van der Waals surface area contributed by atoms with Crippen LogP contribution in [0.1, 0.15) is 19.8 Å². The molecule has 0 saturated carbocycles. The predicted octanol–water partition coefficient (Wildman–Crippen LogP) is 0.822. The topological polar surface area (TPSA) is 89.3 Å². The summed E-state index contributed by atoms with van der Waals surface area (Å²) in [6.07, 6.45) is 3.12. The van der Waals surface area contributed by atoms with E-state index in [1.807, 2.05) is 11.6 Å². The van der Waals surface area contributed by atoms with Gasteiger partial charge in [0.15, 0.2) is 5.16 Å². The first-order valence-corrected chi connectivity index (χ1v) is 5.52. The molecule has 1 unspecified atom stereocenters. The second-order valence-electron chi connectivity index (χ2n) is 3.17. The molecule has 0 aliphatic heterocycles. The van der Waals surface area contributed by atoms with Crippen molar-refractivity contribution in [2.75, 3.05) is 0 Å². The van der Waals surface area contributed by atoms with Crippen molar-refractivity contribution < 1.29 is 5.21 Å². The first-order chi connectivity index (χ1) is 7.17. The summed E-state index contributed by atoms with van der Waals surface area (Å²) in [5.74, 6) is 0.247. The Morgan fingerprint density at radius 2 is 2.53 bits per heavy atom. The lowest BCUT2D eigenvalue weighted by Gasteiger charge is -2.11. The number of amidine groups is 1. The third-order valence-electron chi connectivity index (χ3n) is 1.96. The molecule has 15 heavy (non-hydrogen) atoms. The van der Waals surface area contributed by atoms with Crippen molar-refractivity contribution in [3.05, 3.63) is 6.33 Å². The van der Waals surface area contributed by atoms with Crippen molar-refractivity contribution in [1.82, 2.24) is 14.8 Å². The zero-order valence-corrected chi connectivity index (χ0v) is 9.61. The standard InChI is InChI=1S/C8H15N5OS/c1-3-6(4-7(9)12-14)15-8-11-10-5-13(8)2/h5-6,14H,3-4H2,1-2H3,(H2,9,12). The highest BCUT2D eigenvalue weighted by Gasteiger charge is 2.13. The quantitative estimate of drug-likeness (QED) is 0.256. The summed E-state index contributed by atoms with van der Waals surface area (Å²) >= 11 is 1.58. The second-order valence-corrected chi connectivity index (χ2v) is 4.44. The number of aromatic nitrogens is 3. The van der Waals surface area contributed by atoms with E-state index >= 15 is 0 Å². The van der Waals surface area contributed by atoms with Gasteiger partial charge in [-0.05, 0) is 6.42 Å². The molecule has 0 aliphatic rings. The zero-order chi connectivity index (χ0) is 11.3. The van der Waals surface area contributed by atoms with Crippen LogP contribution >= 0.6 is 11.8 Å². The van der Waals surface area contributed by atoms with Gasteiger partial charge >= 0.3 is 0 Å². The molecule has 1 aromatic rings. The predicted molar refractivity (Wildman–Crippen MR) is 59.0 cm³/mol. The fourth-order valence-electron chi connectivity index (χ4n) is 1.07. The Labute approximate surface area is 92.6 Å². The van der Waals surface area contributed by atoms with Gasteiger partial charge in [-0.1, -0.05) is 23.8 Å². The first kappa shape index (κ1) is 11.8. The minimum Gasteiger partial charge on any atom is -0.409 e. The number of oxime groups is 1. The molecule has 1 atom stereocenters. The molecule has 0 radical (unpaired) electrons. The molecule has 1 rings (SSSR count). The fourth-order valence-corrected chi connectivity index (χ4v) is 2.10. The van der Waals surface area contributed by atoms with E-state index in [0.717, 1.165) is 11.6 Å². The highest BCUT2D eigenvalue weighted by Crippen LogP contribution is 2.24. The summed E-state index contributed by atoms with van der Waals surface area (Å²) in [5, 5.41) is 20.3. The number of aryl methyl sites for hydroxylation is 1. The van der Waals surface area contributed by atoms with Crippen molar-refractivity contribution in [2.24, 2.45) is 17.9 Å². The van der Waals surface area contributed by atoms with Crippen molar-refractivity contribution >= 4 is 17.6 Å². The van der Waals surface area contributed by atoms with E-state index in [4.69, 9.17) is 10.9 Å². The van der Waals surface area contributed by atoms with Gasteiger partial charge in [-0.2, -0.15) is 0 Å². The Hall–Kier alpha value is -1.24. The van der Waals surface area contributed by atoms with Gasteiger partial charge in [0.2, 0.25) is 0 Å². The normalized spacial score (nSPS) is 14.1. The number of hydrogen-bond donors (Lipinski definition) is 2. The van der Waals surface area contributed by atoms with Crippen molar-refractivity contribution in [1.29, 1.82) is 0 Å². The maximum atomic E-state index is 8.48. The average Bonchev–Trinajstić information content (AvgIpc) is 2.63. The zero-order valence-electron chi connectivity index (χ0n) is 8.79. The highest BCUT2D eigenvalue weighted by atomic mass is 32.2. The van der Waals surface area contributed by atoms with Gasteiger partial charge in [0.1, 0.15) is 12.2 Å². The van der Waals surface area contributed by atoms with Gasteiger partial charge in [0, 0.05) is 18.7 Å². The van der Waals surface area contributed by atoms with Crippen LogP contribution in [0.4, 0.5) is 0 Å². The molecule has 0 bridgehead atoms. The lowest BCUT2D eigenvalue weighted by molar-refractivity contribution is 0.316. The molecule has 6 nitrogen and oxygen atoms in total. The van der Waals surface area contributed by atoms with E-state index in [-0.39, 0.29) is 11.1 Å². The first-order valence-electron chi connectivity index (χ1n) is 4.64. The van der Waals surface area contributed by atoms with E-state index < -0.39 is 0 Å². The Morgan fingerprint density at radius 3 is 3.00 bits per heavy atom. The van der Waals surface area contributed by atoms with Gasteiger partial charge in [-0.15, -0.1) is 10.2 Å². The maximum Gasteiger partial charge on any atom is 0.191 e. The van der Waals surface area contributed by atoms with E-state index in [0.29, 0.717) is 6.42 Å². The van der Waals surface area contributed by atoms with Gasteiger partial charge in [-0.3, -0.25) is 0 Å².